The number of hydrogen-bond donors (Lipinski definition) is 2. The highest BCUT2D eigenvalue weighted by Gasteiger charge is 2.30. The van der Waals surface area contributed by atoms with E-state index in [4.69, 9.17) is 0 Å². The summed E-state index contributed by atoms with van der Waals surface area (Å²) in [6, 6.07) is 13.3. The highest BCUT2D eigenvalue weighted by Crippen LogP contribution is 2.29. The van der Waals surface area contributed by atoms with Crippen LogP contribution in [0.4, 0.5) is 13.2 Å². The molecular formula is C21H21F3N6O2. The molecule has 0 aliphatic carbocycles. The van der Waals surface area contributed by atoms with Gasteiger partial charge in [-0.2, -0.15) is 18.0 Å². The minimum Gasteiger partial charge on any atom is -0.354 e. The first-order valence-electron chi connectivity index (χ1n) is 9.88. The summed E-state index contributed by atoms with van der Waals surface area (Å²) in [5.74, 6) is -0.199. The summed E-state index contributed by atoms with van der Waals surface area (Å²) in [6.45, 7) is 0.777. The molecule has 2 aromatic carbocycles. The Balaban J connectivity index is 1.32. The third-order valence-corrected chi connectivity index (χ3v) is 4.45. The van der Waals surface area contributed by atoms with Gasteiger partial charge in [-0.3, -0.25) is 9.59 Å². The second-order valence-corrected chi connectivity index (χ2v) is 6.86. The lowest BCUT2D eigenvalue weighted by molar-refractivity contribution is -0.137. The second kappa shape index (κ2) is 10.5. The summed E-state index contributed by atoms with van der Waals surface area (Å²) in [5.41, 5.74) is 0.146. The van der Waals surface area contributed by atoms with Crippen LogP contribution in [0.2, 0.25) is 0 Å². The smallest absolute Gasteiger partial charge is 0.354 e. The van der Waals surface area contributed by atoms with E-state index in [0.717, 1.165) is 29.8 Å². The molecule has 32 heavy (non-hydrogen) atoms. The molecule has 168 valence electrons. The summed E-state index contributed by atoms with van der Waals surface area (Å²) in [5, 5.41) is 17.4. The third-order valence-electron chi connectivity index (χ3n) is 4.45. The zero-order valence-electron chi connectivity index (χ0n) is 17.0. The molecule has 0 aliphatic heterocycles. The molecule has 1 aromatic heterocycles. The fraction of sp³-hybridized carbons (Fsp3) is 0.286. The largest absolute Gasteiger partial charge is 0.416 e. The van der Waals surface area contributed by atoms with Gasteiger partial charge < -0.3 is 10.6 Å². The van der Waals surface area contributed by atoms with E-state index in [1.807, 2.05) is 30.3 Å². The molecule has 0 aliphatic rings. The number of benzene rings is 2. The van der Waals surface area contributed by atoms with Crippen molar-refractivity contribution in [3.63, 3.8) is 0 Å². The quantitative estimate of drug-likeness (QED) is 0.492. The Hall–Kier alpha value is -3.76. The number of hydrogen-bond acceptors (Lipinski definition) is 5. The Bertz CT molecular complexity index is 1040. The highest BCUT2D eigenvalue weighted by atomic mass is 19.4. The maximum atomic E-state index is 12.5. The van der Waals surface area contributed by atoms with Crippen LogP contribution in [0.15, 0.2) is 54.6 Å². The lowest BCUT2D eigenvalue weighted by Crippen LogP contribution is -2.34. The number of aromatic nitrogens is 4. The lowest BCUT2D eigenvalue weighted by Gasteiger charge is -2.09. The fourth-order valence-corrected chi connectivity index (χ4v) is 2.80. The lowest BCUT2D eigenvalue weighted by atomic mass is 10.1. The maximum Gasteiger partial charge on any atom is 0.416 e. The molecule has 2 N–H and O–H groups in total. The molecule has 0 atom stereocenters. The number of nitrogens with zero attached hydrogens (tertiary/aromatic N) is 4. The van der Waals surface area contributed by atoms with Gasteiger partial charge in [-0.1, -0.05) is 30.3 Å². The van der Waals surface area contributed by atoms with Crippen LogP contribution < -0.4 is 10.6 Å². The summed E-state index contributed by atoms with van der Waals surface area (Å²) < 4.78 is 37.6. The van der Waals surface area contributed by atoms with Gasteiger partial charge in [0.15, 0.2) is 0 Å². The van der Waals surface area contributed by atoms with Crippen LogP contribution in [0.1, 0.15) is 28.8 Å². The number of alkyl halides is 3. The molecule has 8 nitrogen and oxygen atoms in total. The van der Waals surface area contributed by atoms with Crippen molar-refractivity contribution in [2.24, 2.45) is 0 Å². The van der Waals surface area contributed by atoms with Crippen LogP contribution in [-0.2, 0) is 17.5 Å². The number of rotatable bonds is 9. The molecule has 0 saturated carbocycles. The van der Waals surface area contributed by atoms with Gasteiger partial charge in [-0.15, -0.1) is 10.2 Å². The van der Waals surface area contributed by atoms with E-state index in [-0.39, 0.29) is 31.0 Å². The zero-order valence-corrected chi connectivity index (χ0v) is 17.0. The molecule has 3 aromatic rings. The van der Waals surface area contributed by atoms with Crippen LogP contribution >= 0.6 is 0 Å². The van der Waals surface area contributed by atoms with Crippen molar-refractivity contribution in [1.29, 1.82) is 0 Å². The van der Waals surface area contributed by atoms with Crippen molar-refractivity contribution in [3.8, 4) is 11.4 Å². The predicted molar refractivity (Wildman–Crippen MR) is 109 cm³/mol. The van der Waals surface area contributed by atoms with E-state index in [9.17, 15) is 22.8 Å². The summed E-state index contributed by atoms with van der Waals surface area (Å²) in [4.78, 5) is 25.3. The zero-order chi connectivity index (χ0) is 23.0. The average Bonchev–Trinajstić information content (AvgIpc) is 3.26. The monoisotopic (exact) mass is 446 g/mol. The summed E-state index contributed by atoms with van der Waals surface area (Å²) >= 11 is 0. The van der Waals surface area contributed by atoms with Gasteiger partial charge in [-0.25, -0.2) is 0 Å². The Kier molecular flexibility index (Phi) is 7.53. The predicted octanol–water partition coefficient (Wildman–Crippen LogP) is 2.69. The molecule has 0 spiro atoms. The molecular weight excluding hydrogens is 425 g/mol. The molecule has 0 saturated heterocycles. The van der Waals surface area contributed by atoms with Gasteiger partial charge >= 0.3 is 6.18 Å². The molecule has 2 amide bonds. The molecule has 3 rings (SSSR count). The van der Waals surface area contributed by atoms with E-state index in [0.29, 0.717) is 18.8 Å². The Morgan fingerprint density at radius 1 is 0.938 bits per heavy atom. The van der Waals surface area contributed by atoms with Crippen molar-refractivity contribution >= 4 is 11.8 Å². The first kappa shape index (κ1) is 22.9. The molecule has 11 heteroatoms. The standard InChI is InChI=1S/C21H21F3N6O2/c22-21(23,24)17-10-8-16(9-11-17)20(32)26-13-12-25-18(31)7-4-14-30-28-19(27-29-30)15-5-2-1-3-6-15/h1-3,5-6,8-11H,4,7,12-14H2,(H,25,31)(H,26,32). The molecule has 0 fully saturated rings. The van der Waals surface area contributed by atoms with Crippen LogP contribution in [0.3, 0.4) is 0 Å². The van der Waals surface area contributed by atoms with E-state index in [1.165, 1.54) is 4.80 Å². The molecule has 0 radical (unpaired) electrons. The number of carbonyl (C=O) groups is 2. The average molecular weight is 446 g/mol. The summed E-state index contributed by atoms with van der Waals surface area (Å²) in [7, 11) is 0. The van der Waals surface area contributed by atoms with Gasteiger partial charge in [0.1, 0.15) is 0 Å². The number of nitrogens with one attached hydrogen (secondary N) is 2. The van der Waals surface area contributed by atoms with E-state index in [1.54, 1.807) is 0 Å². The SMILES string of the molecule is O=C(CCCn1nnc(-c2ccccc2)n1)NCCNC(=O)c1ccc(C(F)(F)F)cc1. The minimum atomic E-state index is -4.45. The first-order valence-corrected chi connectivity index (χ1v) is 9.88. The third kappa shape index (κ3) is 6.62. The topological polar surface area (TPSA) is 102 Å². The fourth-order valence-electron chi connectivity index (χ4n) is 2.80. The van der Waals surface area contributed by atoms with Gasteiger partial charge in [0.25, 0.3) is 5.91 Å². The number of amides is 2. The maximum absolute atomic E-state index is 12.5. The Labute approximate surface area is 181 Å². The Morgan fingerprint density at radius 2 is 1.62 bits per heavy atom. The van der Waals surface area contributed by atoms with Crippen molar-refractivity contribution in [3.05, 3.63) is 65.7 Å². The highest BCUT2D eigenvalue weighted by molar-refractivity contribution is 5.94. The normalized spacial score (nSPS) is 11.2. The number of halogens is 3. The van der Waals surface area contributed by atoms with Crippen molar-refractivity contribution in [2.45, 2.75) is 25.6 Å². The van der Waals surface area contributed by atoms with Crippen molar-refractivity contribution in [1.82, 2.24) is 30.8 Å². The van der Waals surface area contributed by atoms with Crippen LogP contribution in [0.25, 0.3) is 11.4 Å². The van der Waals surface area contributed by atoms with Gasteiger partial charge in [0.05, 0.1) is 12.1 Å². The number of aryl methyl sites for hydroxylation is 1. The van der Waals surface area contributed by atoms with Gasteiger partial charge in [-0.05, 0) is 35.9 Å². The van der Waals surface area contributed by atoms with E-state index >= 15 is 0 Å². The molecule has 0 unspecified atom stereocenters. The van der Waals surface area contributed by atoms with Gasteiger partial charge in [0, 0.05) is 30.6 Å². The Morgan fingerprint density at radius 3 is 2.31 bits per heavy atom. The summed E-state index contributed by atoms with van der Waals surface area (Å²) in [6.07, 6.45) is -3.70. The van der Waals surface area contributed by atoms with Crippen molar-refractivity contribution < 1.29 is 22.8 Å². The number of tetrazole rings is 1. The molecule has 0 bridgehead atoms. The van der Waals surface area contributed by atoms with Crippen LogP contribution in [0, 0.1) is 0 Å². The van der Waals surface area contributed by atoms with Gasteiger partial charge in [0.2, 0.25) is 11.7 Å². The van der Waals surface area contributed by atoms with Crippen LogP contribution in [0.5, 0.6) is 0 Å². The number of carbonyl (C=O) groups excluding carboxylic acids is 2. The van der Waals surface area contributed by atoms with Crippen LogP contribution in [-0.4, -0.2) is 45.1 Å². The molecule has 1 heterocycles. The minimum absolute atomic E-state index is 0.111. The first-order chi connectivity index (χ1) is 15.3. The van der Waals surface area contributed by atoms with E-state index < -0.39 is 17.6 Å². The van der Waals surface area contributed by atoms with Crippen molar-refractivity contribution in [2.75, 3.05) is 13.1 Å². The second-order valence-electron chi connectivity index (χ2n) is 6.86. The van der Waals surface area contributed by atoms with E-state index in [2.05, 4.69) is 26.0 Å².